The highest BCUT2D eigenvalue weighted by atomic mass is 15.4. The SMILES string of the molecule is Cc1ccc([C@@H]2CCCN2N)cc1. The molecule has 0 saturated carbocycles. The number of hydrogen-bond donors (Lipinski definition) is 1. The van der Waals surface area contributed by atoms with Crippen LogP contribution in [0, 0.1) is 6.92 Å². The quantitative estimate of drug-likeness (QED) is 0.663. The van der Waals surface area contributed by atoms with E-state index >= 15 is 0 Å². The number of benzene rings is 1. The van der Waals surface area contributed by atoms with Gasteiger partial charge in [-0.2, -0.15) is 0 Å². The van der Waals surface area contributed by atoms with E-state index in [1.165, 1.54) is 24.0 Å². The molecule has 2 heteroatoms. The van der Waals surface area contributed by atoms with Crippen LogP contribution in [0.5, 0.6) is 0 Å². The maximum absolute atomic E-state index is 5.88. The Labute approximate surface area is 79.3 Å². The maximum Gasteiger partial charge on any atom is 0.0491 e. The van der Waals surface area contributed by atoms with Crippen molar-refractivity contribution in [3.63, 3.8) is 0 Å². The summed E-state index contributed by atoms with van der Waals surface area (Å²) >= 11 is 0. The first-order valence-electron chi connectivity index (χ1n) is 4.85. The van der Waals surface area contributed by atoms with Gasteiger partial charge in [-0.1, -0.05) is 29.8 Å². The minimum atomic E-state index is 0.445. The van der Waals surface area contributed by atoms with Gasteiger partial charge in [0.25, 0.3) is 0 Å². The second kappa shape index (κ2) is 3.48. The summed E-state index contributed by atoms with van der Waals surface area (Å²) in [6.45, 7) is 3.14. The Hall–Kier alpha value is -0.860. The van der Waals surface area contributed by atoms with Crippen LogP contribution in [-0.4, -0.2) is 11.6 Å². The molecule has 1 aliphatic rings. The van der Waals surface area contributed by atoms with Crippen molar-refractivity contribution >= 4 is 0 Å². The van der Waals surface area contributed by atoms with E-state index in [-0.39, 0.29) is 0 Å². The van der Waals surface area contributed by atoms with Crippen LogP contribution in [-0.2, 0) is 0 Å². The number of hydrogen-bond acceptors (Lipinski definition) is 2. The molecular formula is C11H16N2. The summed E-state index contributed by atoms with van der Waals surface area (Å²) in [5.74, 6) is 5.88. The van der Waals surface area contributed by atoms with Crippen LogP contribution in [0.15, 0.2) is 24.3 Å². The molecule has 0 aliphatic carbocycles. The number of nitrogens with two attached hydrogens (primary N) is 1. The van der Waals surface area contributed by atoms with Crippen LogP contribution >= 0.6 is 0 Å². The fourth-order valence-electron chi connectivity index (χ4n) is 1.94. The van der Waals surface area contributed by atoms with Crippen molar-refractivity contribution < 1.29 is 0 Å². The Bertz CT molecular complexity index is 279. The van der Waals surface area contributed by atoms with Crippen molar-refractivity contribution in [2.45, 2.75) is 25.8 Å². The summed E-state index contributed by atoms with van der Waals surface area (Å²) in [7, 11) is 0. The number of nitrogens with zero attached hydrogens (tertiary/aromatic N) is 1. The molecule has 0 bridgehead atoms. The highest BCUT2D eigenvalue weighted by molar-refractivity contribution is 5.24. The summed E-state index contributed by atoms with van der Waals surface area (Å²) in [6.07, 6.45) is 2.41. The van der Waals surface area contributed by atoms with Crippen molar-refractivity contribution in [2.24, 2.45) is 5.84 Å². The van der Waals surface area contributed by atoms with Gasteiger partial charge in [0.1, 0.15) is 0 Å². The van der Waals surface area contributed by atoms with Gasteiger partial charge in [-0.15, -0.1) is 0 Å². The fourth-order valence-corrected chi connectivity index (χ4v) is 1.94. The van der Waals surface area contributed by atoms with Crippen LogP contribution < -0.4 is 5.84 Å². The minimum absolute atomic E-state index is 0.445. The van der Waals surface area contributed by atoms with Crippen molar-refractivity contribution in [3.8, 4) is 0 Å². The van der Waals surface area contributed by atoms with E-state index in [4.69, 9.17) is 5.84 Å². The highest BCUT2D eigenvalue weighted by Gasteiger charge is 2.22. The van der Waals surface area contributed by atoms with E-state index < -0.39 is 0 Å². The van der Waals surface area contributed by atoms with Crippen molar-refractivity contribution in [1.29, 1.82) is 0 Å². The molecule has 1 atom stereocenters. The van der Waals surface area contributed by atoms with Crippen LogP contribution in [0.25, 0.3) is 0 Å². The number of rotatable bonds is 1. The van der Waals surface area contributed by atoms with E-state index in [1.54, 1.807) is 0 Å². The molecule has 0 amide bonds. The van der Waals surface area contributed by atoms with Crippen molar-refractivity contribution in [1.82, 2.24) is 5.01 Å². The van der Waals surface area contributed by atoms with Gasteiger partial charge in [0.15, 0.2) is 0 Å². The molecule has 13 heavy (non-hydrogen) atoms. The summed E-state index contributed by atoms with van der Waals surface area (Å²) in [6, 6.07) is 9.12. The minimum Gasteiger partial charge on any atom is -0.268 e. The normalized spacial score (nSPS) is 23.7. The largest absolute Gasteiger partial charge is 0.268 e. The van der Waals surface area contributed by atoms with Gasteiger partial charge in [0.05, 0.1) is 0 Å². The third-order valence-corrected chi connectivity index (χ3v) is 2.76. The number of hydrazine groups is 1. The first-order valence-corrected chi connectivity index (χ1v) is 4.85. The molecule has 2 nitrogen and oxygen atoms in total. The Morgan fingerprint density at radius 1 is 1.31 bits per heavy atom. The number of aryl methyl sites for hydroxylation is 1. The van der Waals surface area contributed by atoms with Crippen molar-refractivity contribution in [3.05, 3.63) is 35.4 Å². The van der Waals surface area contributed by atoms with Crippen LogP contribution in [0.3, 0.4) is 0 Å². The molecule has 1 heterocycles. The topological polar surface area (TPSA) is 29.3 Å². The molecule has 1 saturated heterocycles. The van der Waals surface area contributed by atoms with E-state index in [1.807, 2.05) is 5.01 Å². The monoisotopic (exact) mass is 176 g/mol. The lowest BCUT2D eigenvalue weighted by atomic mass is 10.0. The molecule has 0 aromatic heterocycles. The van der Waals surface area contributed by atoms with Crippen molar-refractivity contribution in [2.75, 3.05) is 6.54 Å². The highest BCUT2D eigenvalue weighted by Crippen LogP contribution is 2.28. The lowest BCUT2D eigenvalue weighted by Gasteiger charge is -2.19. The first-order chi connectivity index (χ1) is 6.27. The average Bonchev–Trinajstić information content (AvgIpc) is 2.53. The molecule has 2 N–H and O–H groups in total. The molecule has 1 aromatic rings. The maximum atomic E-state index is 5.88. The third kappa shape index (κ3) is 1.74. The Morgan fingerprint density at radius 3 is 2.54 bits per heavy atom. The van der Waals surface area contributed by atoms with Crippen LogP contribution in [0.4, 0.5) is 0 Å². The van der Waals surface area contributed by atoms with Gasteiger partial charge in [-0.05, 0) is 25.3 Å². The Balaban J connectivity index is 2.20. The van der Waals surface area contributed by atoms with E-state index in [0.29, 0.717) is 6.04 Å². The fraction of sp³-hybridized carbons (Fsp3) is 0.455. The summed E-state index contributed by atoms with van der Waals surface area (Å²) < 4.78 is 0. The molecular weight excluding hydrogens is 160 g/mol. The molecule has 70 valence electrons. The van der Waals surface area contributed by atoms with Gasteiger partial charge >= 0.3 is 0 Å². The van der Waals surface area contributed by atoms with Gasteiger partial charge < -0.3 is 0 Å². The standard InChI is InChI=1S/C11H16N2/c1-9-4-6-10(7-5-9)11-3-2-8-13(11)12/h4-7,11H,2-3,8,12H2,1H3/t11-/m0/s1. The van der Waals surface area contributed by atoms with Gasteiger partial charge in [0, 0.05) is 12.6 Å². The molecule has 0 radical (unpaired) electrons. The summed E-state index contributed by atoms with van der Waals surface area (Å²) in [4.78, 5) is 0. The van der Waals surface area contributed by atoms with Gasteiger partial charge in [0.2, 0.25) is 0 Å². The molecule has 2 rings (SSSR count). The molecule has 0 spiro atoms. The average molecular weight is 176 g/mol. The van der Waals surface area contributed by atoms with Gasteiger partial charge in [-0.3, -0.25) is 5.84 Å². The summed E-state index contributed by atoms with van der Waals surface area (Å²) in [5, 5.41) is 1.95. The van der Waals surface area contributed by atoms with E-state index in [2.05, 4.69) is 31.2 Å². The van der Waals surface area contributed by atoms with Crippen LogP contribution in [0.2, 0.25) is 0 Å². The Morgan fingerprint density at radius 2 is 2.00 bits per heavy atom. The second-order valence-electron chi connectivity index (χ2n) is 3.81. The molecule has 0 unspecified atom stereocenters. The third-order valence-electron chi connectivity index (χ3n) is 2.76. The lowest BCUT2D eigenvalue weighted by molar-refractivity contribution is 0.266. The second-order valence-corrected chi connectivity index (χ2v) is 3.81. The zero-order chi connectivity index (χ0) is 9.26. The van der Waals surface area contributed by atoms with E-state index in [0.717, 1.165) is 6.54 Å². The zero-order valence-electron chi connectivity index (χ0n) is 8.03. The summed E-state index contributed by atoms with van der Waals surface area (Å²) in [5.41, 5.74) is 2.66. The van der Waals surface area contributed by atoms with Gasteiger partial charge in [-0.25, -0.2) is 5.01 Å². The molecule has 1 fully saturated rings. The van der Waals surface area contributed by atoms with E-state index in [9.17, 15) is 0 Å². The van der Waals surface area contributed by atoms with Crippen LogP contribution in [0.1, 0.15) is 30.0 Å². The first kappa shape index (κ1) is 8.73. The lowest BCUT2D eigenvalue weighted by Crippen LogP contribution is -2.30. The smallest absolute Gasteiger partial charge is 0.0491 e. The Kier molecular flexibility index (Phi) is 2.34. The zero-order valence-corrected chi connectivity index (χ0v) is 8.03. The molecule has 1 aromatic carbocycles. The predicted molar refractivity (Wildman–Crippen MR) is 54.0 cm³/mol. The molecule has 1 aliphatic heterocycles. The predicted octanol–water partition coefficient (Wildman–Crippen LogP) is 2.01.